The third-order valence-corrected chi connectivity index (χ3v) is 3.56. The van der Waals surface area contributed by atoms with E-state index in [9.17, 15) is 9.90 Å². The Labute approximate surface area is 142 Å². The summed E-state index contributed by atoms with van der Waals surface area (Å²) in [7, 11) is 1.62. The monoisotopic (exact) mass is 329 g/mol. The second kappa shape index (κ2) is 9.57. The molecule has 0 aliphatic rings. The number of methoxy groups -OCH3 is 1. The van der Waals surface area contributed by atoms with Crippen LogP contribution in [0.25, 0.3) is 0 Å². The van der Waals surface area contributed by atoms with Gasteiger partial charge in [-0.1, -0.05) is 18.2 Å². The van der Waals surface area contributed by atoms with Crippen LogP contribution in [0.2, 0.25) is 0 Å². The van der Waals surface area contributed by atoms with Gasteiger partial charge < -0.3 is 19.9 Å². The maximum absolute atomic E-state index is 11.7. The molecular formula is C19H23NO4. The summed E-state index contributed by atoms with van der Waals surface area (Å²) in [5, 5.41) is 13.1. The van der Waals surface area contributed by atoms with Crippen molar-refractivity contribution in [3.05, 3.63) is 60.2 Å². The molecule has 0 aliphatic carbocycles. The number of anilines is 1. The molecule has 1 unspecified atom stereocenters. The molecule has 5 heteroatoms. The van der Waals surface area contributed by atoms with E-state index in [1.807, 2.05) is 30.3 Å². The van der Waals surface area contributed by atoms with Crippen LogP contribution in [0.15, 0.2) is 54.6 Å². The first-order valence-electron chi connectivity index (χ1n) is 7.97. The number of aliphatic hydroxyl groups excluding tert-OH is 1. The summed E-state index contributed by atoms with van der Waals surface area (Å²) in [5.74, 6) is 0.461. The molecule has 2 rings (SSSR count). The van der Waals surface area contributed by atoms with E-state index < -0.39 is 6.10 Å². The number of esters is 1. The van der Waals surface area contributed by atoms with Crippen molar-refractivity contribution in [2.24, 2.45) is 0 Å². The topological polar surface area (TPSA) is 67.8 Å². The fourth-order valence-electron chi connectivity index (χ4n) is 2.19. The predicted molar refractivity (Wildman–Crippen MR) is 93.4 cm³/mol. The predicted octanol–water partition coefficient (Wildman–Crippen LogP) is 3.11. The number of hydrogen-bond acceptors (Lipinski definition) is 5. The zero-order chi connectivity index (χ0) is 17.2. The van der Waals surface area contributed by atoms with Crippen LogP contribution >= 0.6 is 0 Å². The molecule has 0 saturated carbocycles. The lowest BCUT2D eigenvalue weighted by Gasteiger charge is -2.13. The molecule has 0 aromatic heterocycles. The van der Waals surface area contributed by atoms with Crippen LogP contribution < -0.4 is 10.1 Å². The SMILES string of the molecule is COc1ccc(NCC(O)CCCOC(=O)c2ccccc2)cc1. The van der Waals surface area contributed by atoms with Crippen molar-refractivity contribution >= 4 is 11.7 Å². The summed E-state index contributed by atoms with van der Waals surface area (Å²) in [6, 6.07) is 16.4. The summed E-state index contributed by atoms with van der Waals surface area (Å²) in [6.07, 6.45) is 0.678. The van der Waals surface area contributed by atoms with Gasteiger partial charge in [0, 0.05) is 12.2 Å². The van der Waals surface area contributed by atoms with Crippen LogP contribution in [0.4, 0.5) is 5.69 Å². The number of rotatable bonds is 9. The Morgan fingerprint density at radius 2 is 1.83 bits per heavy atom. The number of carbonyl (C=O) groups is 1. The smallest absolute Gasteiger partial charge is 0.338 e. The van der Waals surface area contributed by atoms with E-state index in [0.717, 1.165) is 11.4 Å². The quantitative estimate of drug-likeness (QED) is 0.546. The summed E-state index contributed by atoms with van der Waals surface area (Å²) >= 11 is 0. The molecule has 0 bridgehead atoms. The van der Waals surface area contributed by atoms with E-state index in [4.69, 9.17) is 9.47 Å². The van der Waals surface area contributed by atoms with Crippen molar-refractivity contribution < 1.29 is 19.4 Å². The molecule has 0 radical (unpaired) electrons. The summed E-state index contributed by atoms with van der Waals surface area (Å²) in [5.41, 5.74) is 1.46. The van der Waals surface area contributed by atoms with Crippen molar-refractivity contribution in [3.63, 3.8) is 0 Å². The van der Waals surface area contributed by atoms with Crippen molar-refractivity contribution in [2.45, 2.75) is 18.9 Å². The van der Waals surface area contributed by atoms with E-state index in [2.05, 4.69) is 5.32 Å². The Hall–Kier alpha value is -2.53. The molecule has 0 heterocycles. The minimum atomic E-state index is -0.498. The fourth-order valence-corrected chi connectivity index (χ4v) is 2.19. The molecule has 2 aromatic carbocycles. The van der Waals surface area contributed by atoms with Crippen LogP contribution in [0.1, 0.15) is 23.2 Å². The van der Waals surface area contributed by atoms with Gasteiger partial charge in [-0.25, -0.2) is 4.79 Å². The highest BCUT2D eigenvalue weighted by Crippen LogP contribution is 2.15. The van der Waals surface area contributed by atoms with Crippen molar-refractivity contribution in [3.8, 4) is 5.75 Å². The highest BCUT2D eigenvalue weighted by molar-refractivity contribution is 5.89. The molecule has 0 spiro atoms. The van der Waals surface area contributed by atoms with E-state index in [0.29, 0.717) is 31.6 Å². The van der Waals surface area contributed by atoms with Gasteiger partial charge in [0.25, 0.3) is 0 Å². The highest BCUT2D eigenvalue weighted by atomic mass is 16.5. The van der Waals surface area contributed by atoms with Gasteiger partial charge in [-0.2, -0.15) is 0 Å². The van der Waals surface area contributed by atoms with Gasteiger partial charge in [-0.3, -0.25) is 0 Å². The Kier molecular flexibility index (Phi) is 7.11. The number of nitrogens with one attached hydrogen (secondary N) is 1. The molecular weight excluding hydrogens is 306 g/mol. The van der Waals surface area contributed by atoms with Gasteiger partial charge in [-0.05, 0) is 49.2 Å². The van der Waals surface area contributed by atoms with Crippen LogP contribution in [-0.2, 0) is 4.74 Å². The fraction of sp³-hybridized carbons (Fsp3) is 0.316. The third-order valence-electron chi connectivity index (χ3n) is 3.56. The van der Waals surface area contributed by atoms with Gasteiger partial charge in [0.1, 0.15) is 5.75 Å². The van der Waals surface area contributed by atoms with E-state index in [1.165, 1.54) is 0 Å². The second-order valence-electron chi connectivity index (χ2n) is 5.41. The van der Waals surface area contributed by atoms with Crippen molar-refractivity contribution in [1.82, 2.24) is 0 Å². The summed E-state index contributed by atoms with van der Waals surface area (Å²) in [4.78, 5) is 11.7. The number of hydrogen-bond donors (Lipinski definition) is 2. The molecule has 128 valence electrons. The Bertz CT molecular complexity index is 613. The van der Waals surface area contributed by atoms with Gasteiger partial charge in [0.05, 0.1) is 25.4 Å². The third kappa shape index (κ3) is 5.93. The molecule has 24 heavy (non-hydrogen) atoms. The van der Waals surface area contributed by atoms with Gasteiger partial charge in [0.15, 0.2) is 0 Å². The normalized spacial score (nSPS) is 11.6. The minimum absolute atomic E-state index is 0.299. The van der Waals surface area contributed by atoms with E-state index >= 15 is 0 Å². The number of benzene rings is 2. The molecule has 0 amide bonds. The van der Waals surface area contributed by atoms with Crippen LogP contribution in [-0.4, -0.2) is 37.4 Å². The summed E-state index contributed by atoms with van der Waals surface area (Å²) in [6.45, 7) is 0.742. The number of aliphatic hydroxyl groups is 1. The Morgan fingerprint density at radius 1 is 1.12 bits per heavy atom. The number of ether oxygens (including phenoxy) is 2. The first kappa shape index (κ1) is 17.8. The molecule has 1 atom stereocenters. The molecule has 2 aromatic rings. The van der Waals surface area contributed by atoms with Gasteiger partial charge in [-0.15, -0.1) is 0 Å². The van der Waals surface area contributed by atoms with Crippen molar-refractivity contribution in [2.75, 3.05) is 25.6 Å². The molecule has 0 fully saturated rings. The van der Waals surface area contributed by atoms with Crippen molar-refractivity contribution in [1.29, 1.82) is 0 Å². The summed E-state index contributed by atoms with van der Waals surface area (Å²) < 4.78 is 10.3. The zero-order valence-corrected chi connectivity index (χ0v) is 13.8. The Morgan fingerprint density at radius 3 is 2.50 bits per heavy atom. The average molecular weight is 329 g/mol. The molecule has 0 saturated heterocycles. The molecule has 0 aliphatic heterocycles. The highest BCUT2D eigenvalue weighted by Gasteiger charge is 2.08. The largest absolute Gasteiger partial charge is 0.497 e. The van der Waals surface area contributed by atoms with E-state index in [-0.39, 0.29) is 5.97 Å². The lowest BCUT2D eigenvalue weighted by atomic mass is 10.2. The van der Waals surface area contributed by atoms with Crippen LogP contribution in [0.5, 0.6) is 5.75 Å². The maximum atomic E-state index is 11.7. The Balaban J connectivity index is 1.61. The van der Waals surface area contributed by atoms with Crippen LogP contribution in [0, 0.1) is 0 Å². The van der Waals surface area contributed by atoms with Gasteiger partial charge in [0.2, 0.25) is 0 Å². The van der Waals surface area contributed by atoms with Crippen LogP contribution in [0.3, 0.4) is 0 Å². The first-order chi connectivity index (χ1) is 11.7. The molecule has 5 nitrogen and oxygen atoms in total. The molecule has 2 N–H and O–H groups in total. The lowest BCUT2D eigenvalue weighted by molar-refractivity contribution is 0.0480. The standard InChI is InChI=1S/C19H23NO4/c1-23-18-11-9-16(10-12-18)20-14-17(21)8-5-13-24-19(22)15-6-3-2-4-7-15/h2-4,6-7,9-12,17,20-21H,5,8,13-14H2,1H3. The van der Waals surface area contributed by atoms with Gasteiger partial charge >= 0.3 is 5.97 Å². The first-order valence-corrected chi connectivity index (χ1v) is 7.97. The number of carbonyl (C=O) groups excluding carboxylic acids is 1. The second-order valence-corrected chi connectivity index (χ2v) is 5.41. The maximum Gasteiger partial charge on any atom is 0.338 e. The minimum Gasteiger partial charge on any atom is -0.497 e. The van der Waals surface area contributed by atoms with E-state index in [1.54, 1.807) is 31.4 Å². The zero-order valence-electron chi connectivity index (χ0n) is 13.8. The average Bonchev–Trinajstić information content (AvgIpc) is 2.64. The lowest BCUT2D eigenvalue weighted by Crippen LogP contribution is -2.20.